The number of halogens is 1. The summed E-state index contributed by atoms with van der Waals surface area (Å²) in [5, 5.41) is 0.530. The van der Waals surface area contributed by atoms with Crippen molar-refractivity contribution in [3.63, 3.8) is 0 Å². The molecule has 0 N–H and O–H groups in total. The number of benzene rings is 1. The van der Waals surface area contributed by atoms with Gasteiger partial charge in [0.1, 0.15) is 5.75 Å². The van der Waals surface area contributed by atoms with Gasteiger partial charge in [0.25, 0.3) is 0 Å². The molecule has 2 heterocycles. The van der Waals surface area contributed by atoms with E-state index >= 15 is 0 Å². The molecule has 1 aliphatic heterocycles. The van der Waals surface area contributed by atoms with Crippen LogP contribution in [0.2, 0.25) is 5.02 Å². The van der Waals surface area contributed by atoms with E-state index in [9.17, 15) is 8.42 Å². The monoisotopic (exact) mass is 395 g/mol. The third kappa shape index (κ3) is 4.65. The fourth-order valence-corrected chi connectivity index (χ4v) is 3.88. The van der Waals surface area contributed by atoms with Gasteiger partial charge in [0.05, 0.1) is 28.4 Å². The molecule has 0 unspecified atom stereocenters. The maximum atomic E-state index is 11.7. The van der Waals surface area contributed by atoms with Gasteiger partial charge in [-0.1, -0.05) is 17.7 Å². The van der Waals surface area contributed by atoms with Crippen molar-refractivity contribution >= 4 is 27.4 Å². The average Bonchev–Trinajstić information content (AvgIpc) is 2.62. The van der Waals surface area contributed by atoms with Gasteiger partial charge < -0.3 is 9.64 Å². The number of rotatable bonds is 5. The molecule has 6 nitrogen and oxygen atoms in total. The van der Waals surface area contributed by atoms with Crippen LogP contribution in [-0.2, 0) is 9.84 Å². The summed E-state index contributed by atoms with van der Waals surface area (Å²) >= 11 is 5.83. The fraction of sp³-hybridized carbons (Fsp3) is 0.444. The smallest absolute Gasteiger partial charge is 0.225 e. The molecule has 0 bridgehead atoms. The zero-order chi connectivity index (χ0) is 18.7. The molecule has 0 spiro atoms. The van der Waals surface area contributed by atoms with E-state index in [0.717, 1.165) is 25.9 Å². The number of piperidine rings is 1. The minimum Gasteiger partial charge on any atom is -0.490 e. The predicted octanol–water partition coefficient (Wildman–Crippen LogP) is 3.22. The molecule has 2 aromatic rings. The van der Waals surface area contributed by atoms with Crippen molar-refractivity contribution in [3.8, 4) is 5.75 Å². The standard InChI is InChI=1S/C18H22ClN3O3S/c1-13(25-16-4-3-5-17(10-16)26(2,23)24)14-6-8-22(9-7-14)18-20-11-15(19)12-21-18/h3-5,10-14H,6-9H2,1-2H3/t13-/m0/s1. The Bertz CT molecular complexity index is 850. The van der Waals surface area contributed by atoms with E-state index in [4.69, 9.17) is 16.3 Å². The second kappa shape index (κ2) is 7.80. The summed E-state index contributed by atoms with van der Waals surface area (Å²) < 4.78 is 29.4. The van der Waals surface area contributed by atoms with E-state index in [1.165, 1.54) is 6.26 Å². The van der Waals surface area contributed by atoms with Crippen molar-refractivity contribution < 1.29 is 13.2 Å². The van der Waals surface area contributed by atoms with Crippen molar-refractivity contribution in [1.82, 2.24) is 9.97 Å². The van der Waals surface area contributed by atoms with Crippen LogP contribution in [0.3, 0.4) is 0 Å². The van der Waals surface area contributed by atoms with Crippen LogP contribution in [0.25, 0.3) is 0 Å². The van der Waals surface area contributed by atoms with Gasteiger partial charge in [-0.2, -0.15) is 0 Å². The molecule has 3 rings (SSSR count). The summed E-state index contributed by atoms with van der Waals surface area (Å²) in [5.41, 5.74) is 0. The molecule has 0 amide bonds. The van der Waals surface area contributed by atoms with Crippen LogP contribution >= 0.6 is 11.6 Å². The number of hydrogen-bond donors (Lipinski definition) is 0. The largest absolute Gasteiger partial charge is 0.490 e. The molecule has 0 aliphatic carbocycles. The maximum Gasteiger partial charge on any atom is 0.225 e. The summed E-state index contributed by atoms with van der Waals surface area (Å²) in [6.45, 7) is 3.74. The zero-order valence-corrected chi connectivity index (χ0v) is 16.4. The van der Waals surface area contributed by atoms with Crippen LogP contribution < -0.4 is 9.64 Å². The first kappa shape index (κ1) is 18.9. The number of anilines is 1. The minimum absolute atomic E-state index is 0.00176. The Morgan fingerprint density at radius 2 is 1.88 bits per heavy atom. The summed E-state index contributed by atoms with van der Waals surface area (Å²) in [7, 11) is -3.24. The zero-order valence-electron chi connectivity index (χ0n) is 14.8. The van der Waals surface area contributed by atoms with Crippen molar-refractivity contribution in [3.05, 3.63) is 41.7 Å². The summed E-state index contributed by atoms with van der Waals surface area (Å²) in [6, 6.07) is 6.67. The topological polar surface area (TPSA) is 72.4 Å². The quantitative estimate of drug-likeness (QED) is 0.774. The van der Waals surface area contributed by atoms with Crippen LogP contribution in [0.1, 0.15) is 19.8 Å². The number of aromatic nitrogens is 2. The molecule has 1 saturated heterocycles. The first-order chi connectivity index (χ1) is 12.3. The highest BCUT2D eigenvalue weighted by molar-refractivity contribution is 7.90. The first-order valence-electron chi connectivity index (χ1n) is 8.52. The highest BCUT2D eigenvalue weighted by Gasteiger charge is 2.26. The van der Waals surface area contributed by atoms with Crippen LogP contribution in [0, 0.1) is 5.92 Å². The lowest BCUT2D eigenvalue weighted by atomic mass is 9.92. The fourth-order valence-electron chi connectivity index (χ4n) is 3.13. The number of sulfone groups is 1. The van der Waals surface area contributed by atoms with Crippen molar-refractivity contribution in [2.24, 2.45) is 5.92 Å². The van der Waals surface area contributed by atoms with Gasteiger partial charge in [0, 0.05) is 19.3 Å². The van der Waals surface area contributed by atoms with E-state index in [1.54, 1.807) is 36.7 Å². The van der Waals surface area contributed by atoms with Crippen LogP contribution in [0.15, 0.2) is 41.6 Å². The van der Waals surface area contributed by atoms with E-state index < -0.39 is 9.84 Å². The van der Waals surface area contributed by atoms with Crippen molar-refractivity contribution in [2.75, 3.05) is 24.2 Å². The number of hydrogen-bond acceptors (Lipinski definition) is 6. The Morgan fingerprint density at radius 1 is 1.23 bits per heavy atom. The van der Waals surface area contributed by atoms with Gasteiger partial charge in [-0.25, -0.2) is 18.4 Å². The second-order valence-electron chi connectivity index (χ2n) is 6.60. The van der Waals surface area contributed by atoms with Gasteiger partial charge in [0.15, 0.2) is 9.84 Å². The molecule has 1 atom stereocenters. The number of ether oxygens (including phenoxy) is 1. The van der Waals surface area contributed by atoms with E-state index in [1.807, 2.05) is 6.92 Å². The summed E-state index contributed by atoms with van der Waals surface area (Å²) in [4.78, 5) is 11.0. The molecule has 1 aliphatic rings. The average molecular weight is 396 g/mol. The third-order valence-corrected chi connectivity index (χ3v) is 5.95. The molecule has 8 heteroatoms. The summed E-state index contributed by atoms with van der Waals surface area (Å²) in [5.74, 6) is 1.67. The Morgan fingerprint density at radius 3 is 2.50 bits per heavy atom. The Balaban J connectivity index is 1.58. The number of nitrogens with zero attached hydrogens (tertiary/aromatic N) is 3. The second-order valence-corrected chi connectivity index (χ2v) is 9.05. The molecular formula is C18H22ClN3O3S. The van der Waals surface area contributed by atoms with Gasteiger partial charge >= 0.3 is 0 Å². The molecule has 26 heavy (non-hydrogen) atoms. The maximum absolute atomic E-state index is 11.7. The Hall–Kier alpha value is -1.86. The van der Waals surface area contributed by atoms with E-state index in [-0.39, 0.29) is 11.0 Å². The highest BCUT2D eigenvalue weighted by Crippen LogP contribution is 2.27. The highest BCUT2D eigenvalue weighted by atomic mass is 35.5. The van der Waals surface area contributed by atoms with Crippen molar-refractivity contribution in [1.29, 1.82) is 0 Å². The SMILES string of the molecule is C[C@H](Oc1cccc(S(C)(=O)=O)c1)C1CCN(c2ncc(Cl)cn2)CC1. The van der Waals surface area contributed by atoms with Crippen LogP contribution in [-0.4, -0.2) is 43.8 Å². The predicted molar refractivity (Wildman–Crippen MR) is 102 cm³/mol. The lowest BCUT2D eigenvalue weighted by molar-refractivity contribution is 0.132. The summed E-state index contributed by atoms with van der Waals surface area (Å²) in [6.07, 6.45) is 6.33. The lowest BCUT2D eigenvalue weighted by Gasteiger charge is -2.34. The van der Waals surface area contributed by atoms with Gasteiger partial charge in [-0.3, -0.25) is 0 Å². The first-order valence-corrected chi connectivity index (χ1v) is 10.8. The third-order valence-electron chi connectivity index (χ3n) is 4.65. The molecule has 1 fully saturated rings. The molecule has 0 saturated carbocycles. The molecule has 0 radical (unpaired) electrons. The molecule has 1 aromatic heterocycles. The molecule has 140 valence electrons. The van der Waals surface area contributed by atoms with Gasteiger partial charge in [0.2, 0.25) is 5.95 Å². The van der Waals surface area contributed by atoms with E-state index in [2.05, 4.69) is 14.9 Å². The van der Waals surface area contributed by atoms with Crippen LogP contribution in [0.4, 0.5) is 5.95 Å². The van der Waals surface area contributed by atoms with E-state index in [0.29, 0.717) is 22.6 Å². The lowest BCUT2D eigenvalue weighted by Crippen LogP contribution is -2.39. The van der Waals surface area contributed by atoms with Gasteiger partial charge in [-0.15, -0.1) is 0 Å². The van der Waals surface area contributed by atoms with Crippen LogP contribution in [0.5, 0.6) is 5.75 Å². The normalized spacial score (nSPS) is 17.1. The van der Waals surface area contributed by atoms with Gasteiger partial charge in [-0.05, 0) is 43.9 Å². The minimum atomic E-state index is -3.24. The Labute approximate surface area is 159 Å². The Kier molecular flexibility index (Phi) is 5.67. The molecule has 1 aromatic carbocycles. The molecular weight excluding hydrogens is 374 g/mol. The van der Waals surface area contributed by atoms with Crippen molar-refractivity contribution in [2.45, 2.75) is 30.8 Å².